The van der Waals surface area contributed by atoms with Crippen LogP contribution in [-0.2, 0) is 6.54 Å². The van der Waals surface area contributed by atoms with Crippen LogP contribution in [-0.4, -0.2) is 19.1 Å². The fourth-order valence-corrected chi connectivity index (χ4v) is 1.67. The van der Waals surface area contributed by atoms with Crippen LogP contribution in [0.15, 0.2) is 34.9 Å². The first-order valence-corrected chi connectivity index (χ1v) is 5.46. The van der Waals surface area contributed by atoms with Crippen molar-refractivity contribution in [3.05, 3.63) is 36.1 Å². The van der Waals surface area contributed by atoms with E-state index < -0.39 is 6.03 Å². The first-order chi connectivity index (χ1) is 8.27. The number of fused-ring (bicyclic) bond motifs is 1. The van der Waals surface area contributed by atoms with E-state index >= 15 is 0 Å². The third-order valence-corrected chi connectivity index (χ3v) is 2.48. The largest absolute Gasteiger partial charge is 0.464 e. The van der Waals surface area contributed by atoms with Gasteiger partial charge >= 0.3 is 6.03 Å². The number of furan rings is 1. The first-order valence-electron chi connectivity index (χ1n) is 5.46. The second-order valence-corrected chi connectivity index (χ2v) is 3.72. The summed E-state index contributed by atoms with van der Waals surface area (Å²) in [5.41, 5.74) is 6.95. The minimum absolute atomic E-state index is 0.499. The van der Waals surface area contributed by atoms with Crippen LogP contribution in [0.5, 0.6) is 0 Å². The summed E-state index contributed by atoms with van der Waals surface area (Å²) in [5, 5.41) is 6.83. The molecule has 0 aliphatic heterocycles. The smallest absolute Gasteiger partial charge is 0.312 e. The number of rotatable bonds is 5. The zero-order valence-corrected chi connectivity index (χ0v) is 9.40. The molecule has 17 heavy (non-hydrogen) atoms. The summed E-state index contributed by atoms with van der Waals surface area (Å²) < 4.78 is 5.41. The van der Waals surface area contributed by atoms with Crippen LogP contribution in [0.1, 0.15) is 5.56 Å². The number of hydrogen-bond donors (Lipinski definition) is 3. The highest BCUT2D eigenvalue weighted by atomic mass is 16.3. The number of nitrogens with two attached hydrogens (primary N) is 1. The van der Waals surface area contributed by atoms with Crippen molar-refractivity contribution in [1.29, 1.82) is 0 Å². The minimum Gasteiger partial charge on any atom is -0.464 e. The van der Waals surface area contributed by atoms with Crippen LogP contribution in [0.25, 0.3) is 11.0 Å². The van der Waals surface area contributed by atoms with Crippen LogP contribution >= 0.6 is 0 Å². The van der Waals surface area contributed by atoms with E-state index in [0.29, 0.717) is 19.6 Å². The third kappa shape index (κ3) is 2.98. The molecular formula is C12H15N3O2. The molecule has 1 aromatic heterocycles. The van der Waals surface area contributed by atoms with Gasteiger partial charge in [-0.1, -0.05) is 18.2 Å². The van der Waals surface area contributed by atoms with Gasteiger partial charge in [-0.05, 0) is 6.07 Å². The summed E-state index contributed by atoms with van der Waals surface area (Å²) in [5.74, 6) is 0. The molecule has 0 bridgehead atoms. The molecule has 0 radical (unpaired) electrons. The molecule has 4 N–H and O–H groups in total. The van der Waals surface area contributed by atoms with Crippen molar-refractivity contribution in [2.24, 2.45) is 5.73 Å². The second kappa shape index (κ2) is 5.36. The molecule has 0 aliphatic carbocycles. The number of benzene rings is 1. The van der Waals surface area contributed by atoms with E-state index in [2.05, 4.69) is 10.6 Å². The van der Waals surface area contributed by atoms with Crippen LogP contribution in [0.3, 0.4) is 0 Å². The molecule has 5 nitrogen and oxygen atoms in total. The number of carbonyl (C=O) groups excluding carboxylic acids is 1. The van der Waals surface area contributed by atoms with Crippen molar-refractivity contribution < 1.29 is 9.21 Å². The SMILES string of the molecule is NC(=O)NCCNCc1coc2ccccc12. The van der Waals surface area contributed by atoms with Crippen molar-refractivity contribution in [3.63, 3.8) is 0 Å². The Balaban J connectivity index is 1.85. The quantitative estimate of drug-likeness (QED) is 0.678. The summed E-state index contributed by atoms with van der Waals surface area (Å²) in [7, 11) is 0. The highest BCUT2D eigenvalue weighted by Gasteiger charge is 2.03. The van der Waals surface area contributed by atoms with E-state index in [1.54, 1.807) is 6.26 Å². The van der Waals surface area contributed by atoms with Gasteiger partial charge in [0.2, 0.25) is 0 Å². The molecule has 0 spiro atoms. The summed E-state index contributed by atoms with van der Waals surface area (Å²) >= 11 is 0. The minimum atomic E-state index is -0.499. The van der Waals surface area contributed by atoms with Crippen LogP contribution < -0.4 is 16.4 Å². The Bertz CT molecular complexity index is 507. The highest BCUT2D eigenvalue weighted by molar-refractivity contribution is 5.80. The van der Waals surface area contributed by atoms with E-state index in [-0.39, 0.29) is 0 Å². The van der Waals surface area contributed by atoms with Crippen molar-refractivity contribution >= 4 is 17.0 Å². The van der Waals surface area contributed by atoms with Gasteiger partial charge < -0.3 is 20.8 Å². The van der Waals surface area contributed by atoms with Gasteiger partial charge in [-0.15, -0.1) is 0 Å². The Morgan fingerprint density at radius 2 is 2.12 bits per heavy atom. The van der Waals surface area contributed by atoms with Crippen LogP contribution in [0.2, 0.25) is 0 Å². The van der Waals surface area contributed by atoms with Crippen LogP contribution in [0, 0.1) is 0 Å². The average Bonchev–Trinajstić information content (AvgIpc) is 2.72. The lowest BCUT2D eigenvalue weighted by molar-refractivity contribution is 0.249. The second-order valence-electron chi connectivity index (χ2n) is 3.72. The van der Waals surface area contributed by atoms with Gasteiger partial charge in [-0.2, -0.15) is 0 Å². The number of urea groups is 1. The lowest BCUT2D eigenvalue weighted by Gasteiger charge is -2.03. The Labute approximate surface area is 99.0 Å². The number of para-hydroxylation sites is 1. The molecule has 0 saturated carbocycles. The summed E-state index contributed by atoms with van der Waals surface area (Å²) in [6, 6.07) is 7.39. The lowest BCUT2D eigenvalue weighted by atomic mass is 10.2. The highest BCUT2D eigenvalue weighted by Crippen LogP contribution is 2.20. The standard InChI is InChI=1S/C12H15N3O2/c13-12(16)15-6-5-14-7-9-8-17-11-4-2-1-3-10(9)11/h1-4,8,14H,5-7H2,(H3,13,15,16). The lowest BCUT2D eigenvalue weighted by Crippen LogP contribution is -2.35. The first kappa shape index (κ1) is 11.5. The Hall–Kier alpha value is -2.01. The van der Waals surface area contributed by atoms with Crippen molar-refractivity contribution in [2.75, 3.05) is 13.1 Å². The molecule has 2 amide bonds. The molecule has 2 aromatic rings. The fraction of sp³-hybridized carbons (Fsp3) is 0.250. The molecule has 0 unspecified atom stereocenters. The predicted octanol–water partition coefficient (Wildman–Crippen LogP) is 1.19. The molecule has 2 rings (SSSR count). The number of nitrogens with one attached hydrogen (secondary N) is 2. The fourth-order valence-electron chi connectivity index (χ4n) is 1.67. The van der Waals surface area contributed by atoms with Gasteiger partial charge in [0.25, 0.3) is 0 Å². The van der Waals surface area contributed by atoms with Crippen molar-refractivity contribution in [3.8, 4) is 0 Å². The number of carbonyl (C=O) groups is 1. The zero-order chi connectivity index (χ0) is 12.1. The van der Waals surface area contributed by atoms with Gasteiger partial charge in [0.1, 0.15) is 5.58 Å². The topological polar surface area (TPSA) is 80.3 Å². The van der Waals surface area contributed by atoms with E-state index in [1.807, 2.05) is 24.3 Å². The van der Waals surface area contributed by atoms with Crippen molar-refractivity contribution in [1.82, 2.24) is 10.6 Å². The zero-order valence-electron chi connectivity index (χ0n) is 9.40. The number of primary amides is 1. The molecule has 0 atom stereocenters. The molecule has 90 valence electrons. The maximum atomic E-state index is 10.4. The van der Waals surface area contributed by atoms with E-state index in [4.69, 9.17) is 10.2 Å². The Morgan fingerprint density at radius 3 is 2.94 bits per heavy atom. The van der Waals surface area contributed by atoms with E-state index in [9.17, 15) is 4.79 Å². The predicted molar refractivity (Wildman–Crippen MR) is 65.5 cm³/mol. The summed E-state index contributed by atoms with van der Waals surface area (Å²) in [6.07, 6.45) is 1.75. The number of amides is 2. The Morgan fingerprint density at radius 1 is 1.29 bits per heavy atom. The third-order valence-electron chi connectivity index (χ3n) is 2.48. The molecule has 1 heterocycles. The molecule has 5 heteroatoms. The van der Waals surface area contributed by atoms with E-state index in [1.165, 1.54) is 0 Å². The van der Waals surface area contributed by atoms with Crippen LogP contribution in [0.4, 0.5) is 4.79 Å². The Kier molecular flexibility index (Phi) is 3.62. The van der Waals surface area contributed by atoms with Crippen molar-refractivity contribution in [2.45, 2.75) is 6.54 Å². The molecule has 0 fully saturated rings. The number of hydrogen-bond acceptors (Lipinski definition) is 3. The molecule has 1 aromatic carbocycles. The average molecular weight is 233 g/mol. The molecule has 0 aliphatic rings. The maximum Gasteiger partial charge on any atom is 0.312 e. The summed E-state index contributed by atoms with van der Waals surface area (Å²) in [6.45, 7) is 1.89. The maximum absolute atomic E-state index is 10.4. The van der Waals surface area contributed by atoms with Gasteiger partial charge in [0.15, 0.2) is 0 Å². The van der Waals surface area contributed by atoms with Gasteiger partial charge in [0.05, 0.1) is 6.26 Å². The normalized spacial score (nSPS) is 10.6. The van der Waals surface area contributed by atoms with Gasteiger partial charge in [0, 0.05) is 30.6 Å². The molecular weight excluding hydrogens is 218 g/mol. The molecule has 0 saturated heterocycles. The van der Waals surface area contributed by atoms with E-state index in [0.717, 1.165) is 16.5 Å². The monoisotopic (exact) mass is 233 g/mol. The van der Waals surface area contributed by atoms with Gasteiger partial charge in [-0.25, -0.2) is 4.79 Å². The summed E-state index contributed by atoms with van der Waals surface area (Å²) in [4.78, 5) is 10.4. The van der Waals surface area contributed by atoms with Gasteiger partial charge in [-0.3, -0.25) is 0 Å².